The van der Waals surface area contributed by atoms with Crippen molar-refractivity contribution >= 4 is 11.9 Å². The van der Waals surface area contributed by atoms with Gasteiger partial charge in [-0.1, -0.05) is 20.8 Å². The molecule has 6 nitrogen and oxygen atoms in total. The van der Waals surface area contributed by atoms with E-state index in [2.05, 4.69) is 40.9 Å². The van der Waals surface area contributed by atoms with Gasteiger partial charge >= 0.3 is 11.9 Å². The van der Waals surface area contributed by atoms with E-state index in [0.29, 0.717) is 32.0 Å². The van der Waals surface area contributed by atoms with E-state index in [1.54, 1.807) is 0 Å². The summed E-state index contributed by atoms with van der Waals surface area (Å²) in [5, 5.41) is 6.91. The van der Waals surface area contributed by atoms with Crippen LogP contribution in [0, 0.1) is 10.8 Å². The number of carbonyl (C=O) groups excluding carboxylic acids is 2. The molecular weight excluding hydrogens is 308 g/mol. The van der Waals surface area contributed by atoms with Gasteiger partial charge in [-0.15, -0.1) is 0 Å². The van der Waals surface area contributed by atoms with Crippen molar-refractivity contribution in [1.29, 1.82) is 0 Å². The quantitative estimate of drug-likeness (QED) is 0.492. The van der Waals surface area contributed by atoms with Crippen molar-refractivity contribution in [3.63, 3.8) is 0 Å². The monoisotopic (exact) mass is 342 g/mol. The molecule has 24 heavy (non-hydrogen) atoms. The molecule has 2 unspecified atom stereocenters. The van der Waals surface area contributed by atoms with Crippen molar-refractivity contribution in [1.82, 2.24) is 10.6 Å². The largest absolute Gasteiger partial charge is 0.469 e. The third kappa shape index (κ3) is 7.62. The molecule has 2 atom stereocenters. The molecule has 0 aromatic carbocycles. The Labute approximate surface area is 146 Å². The van der Waals surface area contributed by atoms with Gasteiger partial charge < -0.3 is 20.1 Å². The van der Waals surface area contributed by atoms with Crippen LogP contribution in [0.25, 0.3) is 0 Å². The number of carbonyl (C=O) groups is 2. The summed E-state index contributed by atoms with van der Waals surface area (Å²) < 4.78 is 9.35. The highest BCUT2D eigenvalue weighted by molar-refractivity contribution is 5.69. The standard InChI is InChI=1S/C18H34N2O4/c1-17(2)10-14(20-9-7-16(22)24-5)11-18(3,12-17)13-19-8-6-15(21)23-4/h14,19-20H,6-13H2,1-5H3. The summed E-state index contributed by atoms with van der Waals surface area (Å²) >= 11 is 0. The minimum absolute atomic E-state index is 0.167. The first-order chi connectivity index (χ1) is 11.2. The van der Waals surface area contributed by atoms with Crippen LogP contribution in [0.5, 0.6) is 0 Å². The lowest BCUT2D eigenvalue weighted by Crippen LogP contribution is -2.49. The van der Waals surface area contributed by atoms with Crippen molar-refractivity contribution in [2.24, 2.45) is 10.8 Å². The zero-order valence-corrected chi connectivity index (χ0v) is 15.9. The molecule has 1 aliphatic rings. The second kappa shape index (κ2) is 9.37. The predicted octanol–water partition coefficient (Wildman–Crippen LogP) is 1.88. The van der Waals surface area contributed by atoms with Gasteiger partial charge in [-0.05, 0) is 30.1 Å². The third-order valence-corrected chi connectivity index (χ3v) is 4.72. The average Bonchev–Trinajstić information content (AvgIpc) is 2.49. The summed E-state index contributed by atoms with van der Waals surface area (Å²) in [6, 6.07) is 0.394. The van der Waals surface area contributed by atoms with Gasteiger partial charge in [-0.25, -0.2) is 0 Å². The lowest BCUT2D eigenvalue weighted by atomic mass is 9.62. The molecule has 6 heteroatoms. The first kappa shape index (κ1) is 20.9. The van der Waals surface area contributed by atoms with Gasteiger partial charge in [-0.3, -0.25) is 9.59 Å². The Hall–Kier alpha value is -1.14. The van der Waals surface area contributed by atoms with E-state index >= 15 is 0 Å². The molecule has 0 heterocycles. The van der Waals surface area contributed by atoms with Gasteiger partial charge in [0, 0.05) is 25.7 Å². The molecule has 0 amide bonds. The van der Waals surface area contributed by atoms with Crippen LogP contribution >= 0.6 is 0 Å². The first-order valence-corrected chi connectivity index (χ1v) is 8.77. The normalized spacial score (nSPS) is 26.0. The average molecular weight is 342 g/mol. The zero-order valence-electron chi connectivity index (χ0n) is 15.9. The number of esters is 2. The highest BCUT2D eigenvalue weighted by atomic mass is 16.5. The summed E-state index contributed by atoms with van der Waals surface area (Å²) in [7, 11) is 2.83. The van der Waals surface area contributed by atoms with E-state index < -0.39 is 0 Å². The summed E-state index contributed by atoms with van der Waals surface area (Å²) in [6.45, 7) is 9.07. The van der Waals surface area contributed by atoms with Crippen LogP contribution in [0.2, 0.25) is 0 Å². The Morgan fingerprint density at radius 2 is 1.58 bits per heavy atom. The van der Waals surface area contributed by atoms with Crippen LogP contribution in [0.15, 0.2) is 0 Å². The summed E-state index contributed by atoms with van der Waals surface area (Å²) in [5.74, 6) is -0.358. The van der Waals surface area contributed by atoms with Gasteiger partial charge in [-0.2, -0.15) is 0 Å². The number of hydrogen-bond donors (Lipinski definition) is 2. The number of nitrogens with one attached hydrogen (secondary N) is 2. The van der Waals surface area contributed by atoms with E-state index in [1.807, 2.05) is 0 Å². The van der Waals surface area contributed by atoms with Gasteiger partial charge in [0.1, 0.15) is 0 Å². The SMILES string of the molecule is COC(=O)CCNCC1(C)CC(NCCC(=O)OC)CC(C)(C)C1. The molecule has 0 bridgehead atoms. The van der Waals surface area contributed by atoms with Gasteiger partial charge in [0.15, 0.2) is 0 Å². The van der Waals surface area contributed by atoms with Crippen molar-refractivity contribution in [2.75, 3.05) is 33.9 Å². The molecule has 2 N–H and O–H groups in total. The lowest BCUT2D eigenvalue weighted by Gasteiger charge is -2.47. The molecule has 1 fully saturated rings. The van der Waals surface area contributed by atoms with Crippen LogP contribution in [-0.2, 0) is 19.1 Å². The number of ether oxygens (including phenoxy) is 2. The minimum Gasteiger partial charge on any atom is -0.469 e. The number of hydrogen-bond acceptors (Lipinski definition) is 6. The van der Waals surface area contributed by atoms with E-state index in [-0.39, 0.29) is 22.8 Å². The minimum atomic E-state index is -0.181. The van der Waals surface area contributed by atoms with E-state index in [9.17, 15) is 9.59 Å². The molecule has 0 saturated heterocycles. The second-order valence-corrected chi connectivity index (χ2v) is 8.04. The second-order valence-electron chi connectivity index (χ2n) is 8.04. The molecule has 0 aliphatic heterocycles. The van der Waals surface area contributed by atoms with Crippen molar-refractivity contribution < 1.29 is 19.1 Å². The maximum absolute atomic E-state index is 11.3. The number of rotatable bonds is 9. The molecule has 0 spiro atoms. The van der Waals surface area contributed by atoms with Gasteiger partial charge in [0.2, 0.25) is 0 Å². The van der Waals surface area contributed by atoms with Crippen LogP contribution in [-0.4, -0.2) is 51.8 Å². The van der Waals surface area contributed by atoms with Crippen molar-refractivity contribution in [3.05, 3.63) is 0 Å². The molecule has 1 saturated carbocycles. The van der Waals surface area contributed by atoms with Crippen LogP contribution in [0.1, 0.15) is 52.9 Å². The van der Waals surface area contributed by atoms with Gasteiger partial charge in [0.25, 0.3) is 0 Å². The highest BCUT2D eigenvalue weighted by Gasteiger charge is 2.40. The Morgan fingerprint density at radius 3 is 2.17 bits per heavy atom. The molecule has 140 valence electrons. The van der Waals surface area contributed by atoms with E-state index in [1.165, 1.54) is 14.2 Å². The predicted molar refractivity (Wildman–Crippen MR) is 93.7 cm³/mol. The highest BCUT2D eigenvalue weighted by Crippen LogP contribution is 2.45. The Kier molecular flexibility index (Phi) is 8.16. The summed E-state index contributed by atoms with van der Waals surface area (Å²) in [5.41, 5.74) is 0.417. The molecule has 0 aromatic heterocycles. The fraction of sp³-hybridized carbons (Fsp3) is 0.889. The fourth-order valence-electron chi connectivity index (χ4n) is 4.08. The maximum atomic E-state index is 11.3. The topological polar surface area (TPSA) is 76.7 Å². The first-order valence-electron chi connectivity index (χ1n) is 8.77. The smallest absolute Gasteiger partial charge is 0.306 e. The van der Waals surface area contributed by atoms with Crippen LogP contribution < -0.4 is 10.6 Å². The van der Waals surface area contributed by atoms with Crippen LogP contribution in [0.3, 0.4) is 0 Å². The summed E-state index contributed by atoms with van der Waals surface area (Å²) in [4.78, 5) is 22.4. The Balaban J connectivity index is 2.47. The molecule has 0 radical (unpaired) electrons. The van der Waals surface area contributed by atoms with Crippen LogP contribution in [0.4, 0.5) is 0 Å². The maximum Gasteiger partial charge on any atom is 0.306 e. The van der Waals surface area contributed by atoms with E-state index in [4.69, 9.17) is 0 Å². The van der Waals surface area contributed by atoms with E-state index in [0.717, 1.165) is 25.8 Å². The number of methoxy groups -OCH3 is 2. The molecule has 1 rings (SSSR count). The third-order valence-electron chi connectivity index (χ3n) is 4.72. The molecule has 0 aromatic rings. The molecular formula is C18H34N2O4. The van der Waals surface area contributed by atoms with Crippen molar-refractivity contribution in [3.8, 4) is 0 Å². The molecule has 1 aliphatic carbocycles. The van der Waals surface area contributed by atoms with Crippen molar-refractivity contribution in [2.45, 2.75) is 58.9 Å². The lowest BCUT2D eigenvalue weighted by molar-refractivity contribution is -0.141. The Bertz CT molecular complexity index is 425. The Morgan fingerprint density at radius 1 is 1.00 bits per heavy atom. The zero-order chi connectivity index (χ0) is 18.2. The summed E-state index contributed by atoms with van der Waals surface area (Å²) in [6.07, 6.45) is 4.10. The van der Waals surface area contributed by atoms with Gasteiger partial charge in [0.05, 0.1) is 27.1 Å². The fourth-order valence-corrected chi connectivity index (χ4v) is 4.08.